The first-order chi connectivity index (χ1) is 9.76. The van der Waals surface area contributed by atoms with Crippen LogP contribution in [0.4, 0.5) is 13.2 Å². The molecule has 0 saturated heterocycles. The van der Waals surface area contributed by atoms with Crippen molar-refractivity contribution in [2.75, 3.05) is 6.54 Å². The summed E-state index contributed by atoms with van der Waals surface area (Å²) in [5.74, 6) is 9.30. The summed E-state index contributed by atoms with van der Waals surface area (Å²) in [6.07, 6.45) is 0. The van der Waals surface area contributed by atoms with Gasteiger partial charge in [-0.3, -0.25) is 0 Å². The molecule has 4 nitrogen and oxygen atoms in total. The monoisotopic (exact) mass is 312 g/mol. The van der Waals surface area contributed by atoms with Crippen LogP contribution in [0.5, 0.6) is 0 Å². The van der Waals surface area contributed by atoms with E-state index in [1.54, 1.807) is 24.3 Å². The highest BCUT2D eigenvalue weighted by molar-refractivity contribution is 7.90. The second kappa shape index (κ2) is 6.81. The maximum Gasteiger partial charge on any atom is 0.511 e. The maximum absolute atomic E-state index is 11.9. The van der Waals surface area contributed by atoms with Crippen molar-refractivity contribution in [3.8, 4) is 29.8 Å². The molecule has 0 atom stereocenters. The number of rotatable bonds is 2. The predicted octanol–water partition coefficient (Wildman–Crippen LogP) is 1.35. The molecular formula is C13H7F3N2O2S. The number of hydrogen-bond acceptors (Lipinski definition) is 3. The van der Waals surface area contributed by atoms with Crippen LogP contribution in [0.2, 0.25) is 0 Å². The normalized spacial score (nSPS) is 10.6. The number of sulfonamides is 1. The van der Waals surface area contributed by atoms with Crippen molar-refractivity contribution in [2.24, 2.45) is 0 Å². The molecule has 0 spiro atoms. The lowest BCUT2D eigenvalue weighted by molar-refractivity contribution is -0.0446. The second-order valence-corrected chi connectivity index (χ2v) is 5.27. The molecule has 0 bridgehead atoms. The van der Waals surface area contributed by atoms with Crippen LogP contribution in [0, 0.1) is 35.0 Å². The zero-order valence-electron chi connectivity index (χ0n) is 10.3. The van der Waals surface area contributed by atoms with E-state index in [0.29, 0.717) is 11.1 Å². The Morgan fingerprint density at radius 2 is 1.67 bits per heavy atom. The largest absolute Gasteiger partial charge is 0.511 e. The molecule has 0 fully saturated rings. The van der Waals surface area contributed by atoms with E-state index in [2.05, 4.69) is 23.7 Å². The molecule has 1 rings (SSSR count). The third-order valence-corrected chi connectivity index (χ3v) is 3.16. The fourth-order valence-corrected chi connectivity index (χ4v) is 1.46. The fourth-order valence-electron chi connectivity index (χ4n) is 1.03. The van der Waals surface area contributed by atoms with Crippen LogP contribution in [0.15, 0.2) is 24.3 Å². The Morgan fingerprint density at radius 1 is 1.10 bits per heavy atom. The number of nitrogens with one attached hydrogen (secondary N) is 1. The van der Waals surface area contributed by atoms with Crippen LogP contribution in [-0.4, -0.2) is 20.5 Å². The minimum atomic E-state index is -5.38. The molecule has 0 aliphatic carbocycles. The van der Waals surface area contributed by atoms with Crippen LogP contribution in [0.25, 0.3) is 0 Å². The first-order valence-electron chi connectivity index (χ1n) is 5.31. The maximum atomic E-state index is 11.9. The lowest BCUT2D eigenvalue weighted by Crippen LogP contribution is -2.36. The highest BCUT2D eigenvalue weighted by Gasteiger charge is 2.45. The molecule has 108 valence electrons. The molecule has 21 heavy (non-hydrogen) atoms. The van der Waals surface area contributed by atoms with Gasteiger partial charge in [0, 0.05) is 5.56 Å². The molecule has 1 N–H and O–H groups in total. The van der Waals surface area contributed by atoms with Gasteiger partial charge >= 0.3 is 15.5 Å². The van der Waals surface area contributed by atoms with Crippen LogP contribution in [0.1, 0.15) is 11.1 Å². The minimum absolute atomic E-state index is 0.466. The van der Waals surface area contributed by atoms with E-state index in [9.17, 15) is 21.6 Å². The van der Waals surface area contributed by atoms with E-state index in [4.69, 9.17) is 5.26 Å². The van der Waals surface area contributed by atoms with Crippen LogP contribution < -0.4 is 4.72 Å². The number of alkyl halides is 3. The average Bonchev–Trinajstić information content (AvgIpc) is 2.42. The quantitative estimate of drug-likeness (QED) is 0.838. The summed E-state index contributed by atoms with van der Waals surface area (Å²) < 4.78 is 58.3. The van der Waals surface area contributed by atoms with E-state index in [1.165, 1.54) is 4.72 Å². The Balaban J connectivity index is 2.59. The van der Waals surface area contributed by atoms with E-state index in [0.717, 1.165) is 0 Å². The van der Waals surface area contributed by atoms with Gasteiger partial charge in [0.15, 0.2) is 0 Å². The molecule has 0 unspecified atom stereocenters. The van der Waals surface area contributed by atoms with Gasteiger partial charge in [0.05, 0.1) is 18.2 Å². The lowest BCUT2D eigenvalue weighted by atomic mass is 10.1. The summed E-state index contributed by atoms with van der Waals surface area (Å²) in [7, 11) is -5.38. The van der Waals surface area contributed by atoms with Crippen molar-refractivity contribution in [3.05, 3.63) is 35.4 Å². The zero-order valence-corrected chi connectivity index (χ0v) is 11.1. The van der Waals surface area contributed by atoms with Crippen LogP contribution in [0.3, 0.4) is 0 Å². The Morgan fingerprint density at radius 3 is 2.19 bits per heavy atom. The van der Waals surface area contributed by atoms with Crippen molar-refractivity contribution in [1.82, 2.24) is 4.72 Å². The molecule has 1 aromatic carbocycles. The summed E-state index contributed by atoms with van der Waals surface area (Å²) in [5.41, 5.74) is -4.32. The minimum Gasteiger partial charge on any atom is -0.203 e. The van der Waals surface area contributed by atoms with Crippen LogP contribution >= 0.6 is 0 Å². The van der Waals surface area contributed by atoms with E-state index >= 15 is 0 Å². The Kier molecular flexibility index (Phi) is 5.37. The lowest BCUT2D eigenvalue weighted by Gasteiger charge is -2.06. The molecule has 0 amide bonds. The van der Waals surface area contributed by atoms with Gasteiger partial charge in [0.25, 0.3) is 0 Å². The zero-order chi connectivity index (χ0) is 15.9. The number of nitrogens with zero attached hydrogens (tertiary/aromatic N) is 1. The van der Waals surface area contributed by atoms with Crippen LogP contribution in [-0.2, 0) is 10.0 Å². The van der Waals surface area contributed by atoms with Gasteiger partial charge in [-0.15, -0.1) is 0 Å². The Hall–Kier alpha value is -2.47. The number of halogens is 3. The van der Waals surface area contributed by atoms with E-state index in [-0.39, 0.29) is 0 Å². The van der Waals surface area contributed by atoms with E-state index in [1.807, 2.05) is 6.07 Å². The van der Waals surface area contributed by atoms with Crippen molar-refractivity contribution in [2.45, 2.75) is 5.51 Å². The fraction of sp³-hybridized carbons (Fsp3) is 0.154. The summed E-state index contributed by atoms with van der Waals surface area (Å²) in [5, 5.41) is 8.58. The smallest absolute Gasteiger partial charge is 0.203 e. The number of hydrogen-bond donors (Lipinski definition) is 1. The standard InChI is InChI=1S/C13H7F3N2O2S/c14-13(15,16)21(19,20)18-9-3-1-2-4-11-5-7-12(10-17)8-6-11/h5-8,18H,9H2. The van der Waals surface area contributed by atoms with Crippen molar-refractivity contribution in [1.29, 1.82) is 5.26 Å². The van der Waals surface area contributed by atoms with Crippen molar-refractivity contribution in [3.63, 3.8) is 0 Å². The van der Waals surface area contributed by atoms with Gasteiger partial charge in [-0.1, -0.05) is 11.8 Å². The Labute approximate surface area is 119 Å². The third-order valence-electron chi connectivity index (χ3n) is 2.03. The summed E-state index contributed by atoms with van der Waals surface area (Å²) in [6, 6.07) is 8.20. The molecule has 0 aliphatic rings. The first-order valence-corrected chi connectivity index (χ1v) is 6.79. The third kappa shape index (κ3) is 5.19. The van der Waals surface area contributed by atoms with Gasteiger partial charge in [-0.25, -0.2) is 8.42 Å². The molecule has 0 aliphatic heterocycles. The topological polar surface area (TPSA) is 70.0 Å². The van der Waals surface area contributed by atoms with Gasteiger partial charge in [0.1, 0.15) is 0 Å². The molecule has 0 aromatic heterocycles. The molecule has 0 saturated carbocycles. The van der Waals surface area contributed by atoms with E-state index < -0.39 is 22.1 Å². The number of benzene rings is 1. The SMILES string of the molecule is N#Cc1ccc(C#CC#CCNS(=O)(=O)C(F)(F)F)cc1. The molecule has 1 aromatic rings. The first kappa shape index (κ1) is 16.6. The molecule has 0 radical (unpaired) electrons. The highest BCUT2D eigenvalue weighted by atomic mass is 32.2. The molecule has 0 heterocycles. The number of nitriles is 1. The predicted molar refractivity (Wildman–Crippen MR) is 68.8 cm³/mol. The highest BCUT2D eigenvalue weighted by Crippen LogP contribution is 2.20. The summed E-state index contributed by atoms with van der Waals surface area (Å²) in [6.45, 7) is -0.691. The van der Waals surface area contributed by atoms with Crippen molar-refractivity contribution < 1.29 is 21.6 Å². The second-order valence-electron chi connectivity index (χ2n) is 3.51. The van der Waals surface area contributed by atoms with Gasteiger partial charge < -0.3 is 0 Å². The van der Waals surface area contributed by atoms with Crippen molar-refractivity contribution >= 4 is 10.0 Å². The van der Waals surface area contributed by atoms with Gasteiger partial charge in [0.2, 0.25) is 0 Å². The summed E-state index contributed by atoms with van der Waals surface area (Å²) in [4.78, 5) is 0. The van der Waals surface area contributed by atoms with Gasteiger partial charge in [-0.05, 0) is 36.1 Å². The molecular weight excluding hydrogens is 305 g/mol. The Bertz CT molecular complexity index is 768. The summed E-state index contributed by atoms with van der Waals surface area (Å²) >= 11 is 0. The van der Waals surface area contributed by atoms with Gasteiger partial charge in [-0.2, -0.15) is 23.2 Å². The molecule has 8 heteroatoms. The average molecular weight is 312 g/mol.